The molecule has 3 aliphatic carbocycles. The van der Waals surface area contributed by atoms with Crippen molar-refractivity contribution < 1.29 is 23.0 Å². The second kappa shape index (κ2) is 29.5. The molecule has 9 heteroatoms. The van der Waals surface area contributed by atoms with Crippen LogP contribution in [0.15, 0.2) is 458 Å². The molecule has 132 heavy (non-hydrogen) atoms. The Kier molecular flexibility index (Phi) is 16.8. The van der Waals surface area contributed by atoms with Gasteiger partial charge in [0.25, 0.3) is 0 Å². The van der Waals surface area contributed by atoms with Crippen molar-refractivity contribution >= 4 is 110 Å². The fourth-order valence-corrected chi connectivity index (χ4v) is 23.9. The molecule has 23 aromatic rings. The first-order chi connectivity index (χ1) is 65.4. The van der Waals surface area contributed by atoms with Crippen LogP contribution in [-0.2, 0) is 16.2 Å². The fraction of sp³-hybridized carbons (Fsp3) is 0.0244. The quantitative estimate of drug-likeness (QED) is 0.139. The lowest BCUT2D eigenvalue weighted by molar-refractivity contribution is 0.437. The van der Waals surface area contributed by atoms with Crippen LogP contribution >= 0.6 is 11.3 Å². The third-order valence-corrected chi connectivity index (χ3v) is 29.2. The van der Waals surface area contributed by atoms with Crippen molar-refractivity contribution in [3.8, 4) is 90.1 Å². The Balaban J connectivity index is 0.000000103. The average Bonchev–Trinajstić information content (AvgIpc) is 1.50. The van der Waals surface area contributed by atoms with Crippen molar-refractivity contribution in [1.82, 2.24) is 0 Å². The number of furan rings is 2. The summed E-state index contributed by atoms with van der Waals surface area (Å²) in [4.78, 5) is 0. The fourth-order valence-electron chi connectivity index (χ4n) is 22.8. The standard InChI is InChI=1S/C49H31NO2.C37H23NO2.C37H23NOS/c1-4-15-39-36(11-1)37-12-2-5-16-40(37)49(39)41-17-6-8-20-44(41)52-46-22-10-18-42(48(46)49)50-34-29-27-32(28-30-34)31-23-25-33(26-24-31)35-14-9-21-45-47(35)38-13-3-7-19-43(38)51-45;1-4-14-26-23(11-1)24-12-2-5-15-27(24)37(26)28-16-6-8-21-33(28)40-36-29(37)17-9-19-31(36)38-30-18-10-22-34-35(30)25-13-3-7-20-32(25)39-34;1-4-14-26-23(11-1)24-12-2-5-15-27(24)37(26)28-16-6-7-20-32(28)39-36-29(37)17-9-19-31(36)38-30-18-10-22-34-35(30)25-13-3-8-21-33(25)40-34/h1-30,50H;2*1-22,38H. The Bertz CT molecular complexity index is 8270. The van der Waals surface area contributed by atoms with Crippen LogP contribution in [0.1, 0.15) is 66.8 Å². The number of rotatable bonds is 8. The van der Waals surface area contributed by atoms with Crippen LogP contribution in [0.4, 0.5) is 34.1 Å². The Hall–Kier alpha value is -17.0. The maximum Gasteiger partial charge on any atom is 0.155 e. The minimum Gasteiger partial charge on any atom is -0.457 e. The van der Waals surface area contributed by atoms with Gasteiger partial charge in [-0.1, -0.05) is 346 Å². The number of hydrogen-bond donors (Lipinski definition) is 3. The maximum absolute atomic E-state index is 6.82. The van der Waals surface area contributed by atoms with Crippen LogP contribution in [0.25, 0.3) is 120 Å². The monoisotopic (exact) mass is 1710 g/mol. The largest absolute Gasteiger partial charge is 0.457 e. The van der Waals surface area contributed by atoms with Gasteiger partial charge in [-0.05, 0) is 192 Å². The van der Waals surface area contributed by atoms with E-state index >= 15 is 0 Å². The molecule has 6 heterocycles. The normalized spacial score (nSPS) is 13.7. The molecule has 6 aliphatic rings. The minimum atomic E-state index is -0.532. The van der Waals surface area contributed by atoms with Gasteiger partial charge >= 0.3 is 0 Å². The molecule has 29 rings (SSSR count). The molecule has 0 radical (unpaired) electrons. The van der Waals surface area contributed by atoms with Gasteiger partial charge < -0.3 is 39.0 Å². The second-order valence-corrected chi connectivity index (χ2v) is 35.8. The van der Waals surface area contributed by atoms with Gasteiger partial charge in [-0.2, -0.15) is 0 Å². The first kappa shape index (κ1) is 75.2. The summed E-state index contributed by atoms with van der Waals surface area (Å²) in [6, 6.07) is 160. The number of fused-ring (bicyclic) bond motifs is 36. The molecular formula is C123H77N3O5S. The summed E-state index contributed by atoms with van der Waals surface area (Å²) in [6.45, 7) is 0. The Morgan fingerprint density at radius 1 is 0.189 bits per heavy atom. The molecule has 0 unspecified atom stereocenters. The van der Waals surface area contributed by atoms with Gasteiger partial charge in [-0.3, -0.25) is 0 Å². The summed E-state index contributed by atoms with van der Waals surface area (Å²) in [5.41, 5.74) is 35.1. The molecule has 0 fully saturated rings. The Morgan fingerprint density at radius 2 is 0.515 bits per heavy atom. The lowest BCUT2D eigenvalue weighted by Crippen LogP contribution is -2.33. The zero-order valence-corrected chi connectivity index (χ0v) is 72.0. The first-order valence-electron chi connectivity index (χ1n) is 45.0. The second-order valence-electron chi connectivity index (χ2n) is 34.7. The maximum atomic E-state index is 6.82. The van der Waals surface area contributed by atoms with E-state index in [1.54, 1.807) is 0 Å². The number of nitrogens with one attached hydrogen (secondary N) is 3. The lowest BCUT2D eigenvalue weighted by atomic mass is 9.65. The molecule has 620 valence electrons. The highest BCUT2D eigenvalue weighted by Crippen LogP contribution is 2.68. The molecular weight excluding hydrogens is 1630 g/mol. The van der Waals surface area contributed by atoms with Crippen LogP contribution in [-0.4, -0.2) is 0 Å². The van der Waals surface area contributed by atoms with Crippen LogP contribution < -0.4 is 30.2 Å². The highest BCUT2D eigenvalue weighted by Gasteiger charge is 2.55. The van der Waals surface area contributed by atoms with Crippen molar-refractivity contribution in [2.24, 2.45) is 0 Å². The van der Waals surface area contributed by atoms with Crippen molar-refractivity contribution in [3.05, 3.63) is 516 Å². The summed E-state index contributed by atoms with van der Waals surface area (Å²) in [5, 5.41) is 18.4. The van der Waals surface area contributed by atoms with Gasteiger partial charge in [0.2, 0.25) is 0 Å². The van der Waals surface area contributed by atoms with Crippen LogP contribution in [0.3, 0.4) is 0 Å². The highest BCUT2D eigenvalue weighted by molar-refractivity contribution is 7.26. The van der Waals surface area contributed by atoms with Crippen molar-refractivity contribution in [2.75, 3.05) is 16.0 Å². The molecule has 8 nitrogen and oxygen atoms in total. The SMILES string of the molecule is c1ccc2c(c1)Oc1c(Nc3cccc4oc5ccccc5c34)cccc1C21c2ccccc2-c2ccccc21.c1ccc2c(c1)Oc1c(Nc3cccc4sc5ccccc5c34)cccc1C21c2ccccc2-c2ccccc21.c1ccc2c(c1)Oc1cccc(Nc3ccc(-c4ccc(-c5cccc6oc7ccccc7c56)cc4)cc3)c1C21c2ccccc2-c2ccccc21. The smallest absolute Gasteiger partial charge is 0.155 e. The van der Waals surface area contributed by atoms with Crippen molar-refractivity contribution in [1.29, 1.82) is 0 Å². The average molecular weight is 1710 g/mol. The molecule has 3 N–H and O–H groups in total. The van der Waals surface area contributed by atoms with Crippen LogP contribution in [0.2, 0.25) is 0 Å². The minimum absolute atomic E-state index is 0.462. The summed E-state index contributed by atoms with van der Waals surface area (Å²) in [7, 11) is 0. The Labute approximate surface area is 765 Å². The van der Waals surface area contributed by atoms with E-state index in [2.05, 4.69) is 422 Å². The summed E-state index contributed by atoms with van der Waals surface area (Å²) in [6.07, 6.45) is 0. The van der Waals surface area contributed by atoms with Crippen molar-refractivity contribution in [2.45, 2.75) is 16.2 Å². The molecule has 3 aromatic heterocycles. The van der Waals surface area contributed by atoms with Gasteiger partial charge in [0.1, 0.15) is 45.3 Å². The van der Waals surface area contributed by atoms with E-state index in [1.807, 2.05) is 53.8 Å². The van der Waals surface area contributed by atoms with Gasteiger partial charge in [-0.15, -0.1) is 11.3 Å². The number of benzene rings is 20. The van der Waals surface area contributed by atoms with Gasteiger partial charge in [0, 0.05) is 86.8 Å². The van der Waals surface area contributed by atoms with E-state index in [0.717, 1.165) is 140 Å². The van der Waals surface area contributed by atoms with E-state index in [4.69, 9.17) is 23.0 Å². The molecule has 0 atom stereocenters. The number of para-hydroxylation sites is 7. The first-order valence-corrected chi connectivity index (χ1v) is 45.8. The molecule has 0 amide bonds. The van der Waals surface area contributed by atoms with E-state index in [1.165, 1.54) is 115 Å². The zero-order chi connectivity index (χ0) is 86.7. The zero-order valence-electron chi connectivity index (χ0n) is 71.2. The molecule has 0 saturated heterocycles. The number of anilines is 6. The van der Waals surface area contributed by atoms with E-state index in [9.17, 15) is 0 Å². The van der Waals surface area contributed by atoms with Crippen molar-refractivity contribution in [3.63, 3.8) is 0 Å². The molecule has 0 bridgehead atoms. The topological polar surface area (TPSA) is 90.1 Å². The summed E-state index contributed by atoms with van der Waals surface area (Å²) < 4.78 is 35.2. The van der Waals surface area contributed by atoms with Gasteiger partial charge in [0.05, 0.1) is 38.7 Å². The summed E-state index contributed by atoms with van der Waals surface area (Å²) in [5.74, 6) is 5.26. The predicted molar refractivity (Wildman–Crippen MR) is 539 cm³/mol. The van der Waals surface area contributed by atoms with Gasteiger partial charge in [0.15, 0.2) is 11.5 Å². The number of thiophene rings is 1. The van der Waals surface area contributed by atoms with Crippen LogP contribution in [0.5, 0.6) is 34.5 Å². The van der Waals surface area contributed by atoms with E-state index in [-0.39, 0.29) is 0 Å². The number of ether oxygens (including phenoxy) is 3. The number of hydrogen-bond acceptors (Lipinski definition) is 9. The third-order valence-electron chi connectivity index (χ3n) is 28.1. The molecule has 3 aliphatic heterocycles. The van der Waals surface area contributed by atoms with E-state index < -0.39 is 16.2 Å². The Morgan fingerprint density at radius 3 is 1.04 bits per heavy atom. The third kappa shape index (κ3) is 11.0. The van der Waals surface area contributed by atoms with E-state index in [0.29, 0.717) is 0 Å². The van der Waals surface area contributed by atoms with Crippen LogP contribution in [0, 0.1) is 0 Å². The lowest BCUT2D eigenvalue weighted by Gasteiger charge is -2.40. The molecule has 3 spiro atoms. The molecule has 20 aromatic carbocycles. The molecule has 0 saturated carbocycles. The highest BCUT2D eigenvalue weighted by atomic mass is 32.1. The summed E-state index contributed by atoms with van der Waals surface area (Å²) >= 11 is 1.83. The predicted octanol–water partition coefficient (Wildman–Crippen LogP) is 33.2. The van der Waals surface area contributed by atoms with Gasteiger partial charge in [-0.25, -0.2) is 0 Å².